The highest BCUT2D eigenvalue weighted by Gasteiger charge is 2.08. The average Bonchev–Trinajstić information content (AvgIpc) is 2.98. The molecule has 20 heavy (non-hydrogen) atoms. The quantitative estimate of drug-likeness (QED) is 0.738. The zero-order valence-corrected chi connectivity index (χ0v) is 11.1. The van der Waals surface area contributed by atoms with Gasteiger partial charge in [0.1, 0.15) is 0 Å². The van der Waals surface area contributed by atoms with Crippen LogP contribution in [0.5, 0.6) is 0 Å². The minimum atomic E-state index is 0.175. The molecule has 0 amide bonds. The van der Waals surface area contributed by atoms with Crippen molar-refractivity contribution >= 4 is 11.9 Å². The van der Waals surface area contributed by atoms with Gasteiger partial charge in [-0.1, -0.05) is 18.2 Å². The van der Waals surface area contributed by atoms with Gasteiger partial charge in [0, 0.05) is 11.8 Å². The van der Waals surface area contributed by atoms with Crippen LogP contribution in [-0.2, 0) is 6.54 Å². The Kier molecular flexibility index (Phi) is 2.86. The Morgan fingerprint density at radius 3 is 2.70 bits per heavy atom. The van der Waals surface area contributed by atoms with E-state index in [1.54, 1.807) is 10.9 Å². The SMILES string of the molecule is Cc1ccccc1-n1cc(Cn2nc(N)nc2N)cn1. The van der Waals surface area contributed by atoms with Crippen molar-refractivity contribution in [2.75, 3.05) is 11.5 Å². The van der Waals surface area contributed by atoms with E-state index in [4.69, 9.17) is 11.5 Å². The summed E-state index contributed by atoms with van der Waals surface area (Å²) in [5.74, 6) is 0.472. The summed E-state index contributed by atoms with van der Waals surface area (Å²) in [6.45, 7) is 2.54. The summed E-state index contributed by atoms with van der Waals surface area (Å²) in [7, 11) is 0. The smallest absolute Gasteiger partial charge is 0.241 e. The average molecular weight is 269 g/mol. The number of para-hydroxylation sites is 1. The number of nitrogen functional groups attached to an aromatic ring is 2. The predicted octanol–water partition coefficient (Wildman–Crippen LogP) is 0.985. The maximum atomic E-state index is 5.71. The number of nitrogens with two attached hydrogens (primary N) is 2. The van der Waals surface area contributed by atoms with Crippen LogP contribution >= 0.6 is 0 Å². The lowest BCUT2D eigenvalue weighted by atomic mass is 10.2. The Morgan fingerprint density at radius 1 is 1.20 bits per heavy atom. The zero-order valence-electron chi connectivity index (χ0n) is 11.1. The van der Waals surface area contributed by atoms with Gasteiger partial charge < -0.3 is 11.5 Å². The van der Waals surface area contributed by atoms with Crippen molar-refractivity contribution in [1.29, 1.82) is 0 Å². The first-order chi connectivity index (χ1) is 9.63. The van der Waals surface area contributed by atoms with Crippen molar-refractivity contribution < 1.29 is 0 Å². The molecule has 2 aromatic heterocycles. The molecule has 4 N–H and O–H groups in total. The van der Waals surface area contributed by atoms with Gasteiger partial charge in [0.15, 0.2) is 0 Å². The second kappa shape index (κ2) is 4.69. The molecule has 1 aromatic carbocycles. The molecule has 0 fully saturated rings. The first-order valence-corrected chi connectivity index (χ1v) is 6.19. The van der Waals surface area contributed by atoms with Crippen molar-refractivity contribution in [3.63, 3.8) is 0 Å². The normalized spacial score (nSPS) is 10.8. The number of hydrogen-bond acceptors (Lipinski definition) is 5. The minimum absolute atomic E-state index is 0.175. The maximum Gasteiger partial charge on any atom is 0.241 e. The van der Waals surface area contributed by atoms with Crippen LogP contribution in [0, 0.1) is 6.92 Å². The van der Waals surface area contributed by atoms with Gasteiger partial charge in [0.05, 0.1) is 18.4 Å². The number of rotatable bonds is 3. The minimum Gasteiger partial charge on any atom is -0.368 e. The summed E-state index contributed by atoms with van der Waals surface area (Å²) in [4.78, 5) is 3.87. The summed E-state index contributed by atoms with van der Waals surface area (Å²) in [5, 5.41) is 8.39. The Labute approximate surface area is 115 Å². The van der Waals surface area contributed by atoms with Gasteiger partial charge in [-0.15, -0.1) is 5.10 Å². The Hall–Kier alpha value is -2.83. The first kappa shape index (κ1) is 12.2. The number of hydrogen-bond donors (Lipinski definition) is 2. The zero-order chi connectivity index (χ0) is 14.1. The first-order valence-electron chi connectivity index (χ1n) is 6.19. The van der Waals surface area contributed by atoms with E-state index >= 15 is 0 Å². The summed E-state index contributed by atoms with van der Waals surface area (Å²) < 4.78 is 3.38. The maximum absolute atomic E-state index is 5.71. The summed E-state index contributed by atoms with van der Waals surface area (Å²) in [6.07, 6.45) is 3.73. The van der Waals surface area contributed by atoms with Crippen molar-refractivity contribution in [3.05, 3.63) is 47.8 Å². The molecule has 0 spiro atoms. The van der Waals surface area contributed by atoms with Gasteiger partial charge >= 0.3 is 0 Å². The van der Waals surface area contributed by atoms with Crippen LogP contribution < -0.4 is 11.5 Å². The fraction of sp³-hybridized carbons (Fsp3) is 0.154. The number of benzene rings is 1. The van der Waals surface area contributed by atoms with Crippen molar-refractivity contribution in [1.82, 2.24) is 24.5 Å². The number of aryl methyl sites for hydroxylation is 1. The summed E-state index contributed by atoms with van der Waals surface area (Å²) in [6, 6.07) is 8.06. The molecule has 0 saturated carbocycles. The van der Waals surface area contributed by atoms with Gasteiger partial charge in [-0.05, 0) is 18.6 Å². The molecule has 2 heterocycles. The van der Waals surface area contributed by atoms with Crippen LogP contribution in [0.2, 0.25) is 0 Å². The van der Waals surface area contributed by atoms with E-state index in [0.717, 1.165) is 16.8 Å². The molecule has 3 aromatic rings. The lowest BCUT2D eigenvalue weighted by molar-refractivity contribution is 0.699. The number of nitrogens with zero attached hydrogens (tertiary/aromatic N) is 5. The summed E-state index contributed by atoms with van der Waals surface area (Å²) >= 11 is 0. The van der Waals surface area contributed by atoms with Crippen LogP contribution in [0.25, 0.3) is 5.69 Å². The molecule has 7 nitrogen and oxygen atoms in total. The standard InChI is InChI=1S/C13H15N7/c1-9-4-2-3-5-11(9)19-7-10(6-16-19)8-20-13(15)17-12(14)18-20/h2-7H,8H2,1H3,(H4,14,15,17,18). The lowest BCUT2D eigenvalue weighted by Crippen LogP contribution is -2.06. The molecular weight excluding hydrogens is 254 g/mol. The van der Waals surface area contributed by atoms with E-state index in [0.29, 0.717) is 12.5 Å². The van der Waals surface area contributed by atoms with Gasteiger partial charge in [0.2, 0.25) is 11.9 Å². The monoisotopic (exact) mass is 269 g/mol. The highest BCUT2D eigenvalue weighted by atomic mass is 15.4. The Bertz CT molecular complexity index is 741. The molecule has 0 aliphatic carbocycles. The topological polar surface area (TPSA) is 101 Å². The highest BCUT2D eigenvalue weighted by molar-refractivity contribution is 5.39. The fourth-order valence-electron chi connectivity index (χ4n) is 2.06. The second-order valence-corrected chi connectivity index (χ2v) is 4.57. The number of anilines is 2. The molecule has 0 atom stereocenters. The highest BCUT2D eigenvalue weighted by Crippen LogP contribution is 2.14. The van der Waals surface area contributed by atoms with Gasteiger partial charge in [-0.25, -0.2) is 9.36 Å². The Morgan fingerprint density at radius 2 is 2.00 bits per heavy atom. The van der Waals surface area contributed by atoms with E-state index in [2.05, 4.69) is 15.2 Å². The van der Waals surface area contributed by atoms with Gasteiger partial charge in [0.25, 0.3) is 0 Å². The Balaban J connectivity index is 1.88. The lowest BCUT2D eigenvalue weighted by Gasteiger charge is -2.04. The van der Waals surface area contributed by atoms with Crippen molar-refractivity contribution in [2.45, 2.75) is 13.5 Å². The molecule has 0 saturated heterocycles. The third kappa shape index (κ3) is 2.20. The fourth-order valence-corrected chi connectivity index (χ4v) is 2.06. The van der Waals surface area contributed by atoms with Crippen LogP contribution in [-0.4, -0.2) is 24.5 Å². The van der Waals surface area contributed by atoms with E-state index < -0.39 is 0 Å². The van der Waals surface area contributed by atoms with Crippen LogP contribution in [0.4, 0.5) is 11.9 Å². The third-order valence-electron chi connectivity index (χ3n) is 3.05. The molecule has 0 radical (unpaired) electrons. The molecule has 102 valence electrons. The largest absolute Gasteiger partial charge is 0.368 e. The van der Waals surface area contributed by atoms with Crippen LogP contribution in [0.3, 0.4) is 0 Å². The molecule has 0 unspecified atom stereocenters. The molecule has 0 aliphatic rings. The molecular formula is C13H15N7. The van der Waals surface area contributed by atoms with Crippen LogP contribution in [0.1, 0.15) is 11.1 Å². The summed E-state index contributed by atoms with van der Waals surface area (Å²) in [5.41, 5.74) is 14.4. The third-order valence-corrected chi connectivity index (χ3v) is 3.05. The number of aromatic nitrogens is 5. The van der Waals surface area contributed by atoms with Crippen LogP contribution in [0.15, 0.2) is 36.7 Å². The van der Waals surface area contributed by atoms with E-state index in [1.165, 1.54) is 0 Å². The van der Waals surface area contributed by atoms with Gasteiger partial charge in [-0.2, -0.15) is 10.1 Å². The molecule has 3 rings (SSSR count). The predicted molar refractivity (Wildman–Crippen MR) is 76.2 cm³/mol. The molecule has 0 aliphatic heterocycles. The van der Waals surface area contributed by atoms with Crippen molar-refractivity contribution in [2.24, 2.45) is 0 Å². The second-order valence-electron chi connectivity index (χ2n) is 4.57. The molecule has 7 heteroatoms. The van der Waals surface area contributed by atoms with Crippen molar-refractivity contribution in [3.8, 4) is 5.69 Å². The van der Waals surface area contributed by atoms with E-state index in [9.17, 15) is 0 Å². The van der Waals surface area contributed by atoms with E-state index in [1.807, 2.05) is 42.1 Å². The van der Waals surface area contributed by atoms with Gasteiger partial charge in [-0.3, -0.25) is 0 Å². The molecule has 0 bridgehead atoms. The van der Waals surface area contributed by atoms with E-state index in [-0.39, 0.29) is 5.95 Å².